The highest BCUT2D eigenvalue weighted by molar-refractivity contribution is 9.10. The third-order valence-electron chi connectivity index (χ3n) is 5.81. The van der Waals surface area contributed by atoms with E-state index >= 15 is 0 Å². The molecule has 5 aromatic rings. The number of halogens is 4. The van der Waals surface area contributed by atoms with Gasteiger partial charge in [0, 0.05) is 11.8 Å². The van der Waals surface area contributed by atoms with Gasteiger partial charge in [-0.25, -0.2) is 9.50 Å². The maximum atomic E-state index is 13.9. The standard InChI is InChI=1S/C26H20BrF3N6O2/c1-15-3-5-16(6-4-15)13-35-14-20(27)23(34-35)33-25(37)19-12-31-36-22(26(28,29)30)11-21(32-24(19)36)17-7-9-18(38-2)10-8-17/h3-12,14H,13H2,1-2H3,(H,33,34,37). The molecule has 0 radical (unpaired) electrons. The van der Waals surface area contributed by atoms with Gasteiger partial charge in [-0.2, -0.15) is 23.4 Å². The summed E-state index contributed by atoms with van der Waals surface area (Å²) in [5.74, 6) is 0.0558. The molecule has 0 bridgehead atoms. The van der Waals surface area contributed by atoms with Crippen molar-refractivity contribution in [3.05, 3.63) is 93.8 Å². The van der Waals surface area contributed by atoms with E-state index in [1.165, 1.54) is 7.11 Å². The largest absolute Gasteiger partial charge is 0.497 e. The lowest BCUT2D eigenvalue weighted by Gasteiger charge is -2.12. The highest BCUT2D eigenvalue weighted by Crippen LogP contribution is 2.33. The average molecular weight is 585 g/mol. The first kappa shape index (κ1) is 25.5. The molecule has 0 saturated heterocycles. The number of nitrogens with zero attached hydrogens (tertiary/aromatic N) is 5. The lowest BCUT2D eigenvalue weighted by molar-refractivity contribution is -0.142. The number of methoxy groups -OCH3 is 1. The van der Waals surface area contributed by atoms with Crippen molar-refractivity contribution in [2.45, 2.75) is 19.6 Å². The molecule has 1 N–H and O–H groups in total. The van der Waals surface area contributed by atoms with E-state index < -0.39 is 17.8 Å². The van der Waals surface area contributed by atoms with E-state index in [9.17, 15) is 18.0 Å². The highest BCUT2D eigenvalue weighted by atomic mass is 79.9. The van der Waals surface area contributed by atoms with E-state index in [1.807, 2.05) is 31.2 Å². The molecule has 12 heteroatoms. The quantitative estimate of drug-likeness (QED) is 0.265. The Hall–Kier alpha value is -4.19. The summed E-state index contributed by atoms with van der Waals surface area (Å²) in [6.45, 7) is 2.46. The van der Waals surface area contributed by atoms with E-state index in [1.54, 1.807) is 35.1 Å². The van der Waals surface area contributed by atoms with Crippen molar-refractivity contribution in [1.82, 2.24) is 24.4 Å². The van der Waals surface area contributed by atoms with E-state index in [4.69, 9.17) is 4.74 Å². The third kappa shape index (κ3) is 5.12. The number of aryl methyl sites for hydroxylation is 1. The smallest absolute Gasteiger partial charge is 0.433 e. The zero-order valence-electron chi connectivity index (χ0n) is 20.1. The molecule has 3 heterocycles. The SMILES string of the molecule is COc1ccc(-c2cc(C(F)(F)F)n3ncc(C(=O)Nc4nn(Cc5ccc(C)cc5)cc4Br)c3n2)cc1. The fourth-order valence-electron chi connectivity index (χ4n) is 3.85. The van der Waals surface area contributed by atoms with E-state index in [2.05, 4.69) is 36.4 Å². The number of hydrogen-bond donors (Lipinski definition) is 1. The first-order valence-electron chi connectivity index (χ1n) is 11.3. The van der Waals surface area contributed by atoms with E-state index in [0.717, 1.165) is 23.4 Å². The van der Waals surface area contributed by atoms with Crippen LogP contribution in [0.25, 0.3) is 16.9 Å². The molecule has 0 unspecified atom stereocenters. The minimum Gasteiger partial charge on any atom is -0.497 e. The summed E-state index contributed by atoms with van der Waals surface area (Å²) in [4.78, 5) is 17.5. The van der Waals surface area contributed by atoms with Crippen molar-refractivity contribution < 1.29 is 22.7 Å². The second-order valence-corrected chi connectivity index (χ2v) is 9.36. The summed E-state index contributed by atoms with van der Waals surface area (Å²) < 4.78 is 49.6. The Balaban J connectivity index is 1.48. The maximum Gasteiger partial charge on any atom is 0.433 e. The molecule has 1 amide bonds. The molecule has 3 aromatic heterocycles. The maximum absolute atomic E-state index is 13.9. The van der Waals surface area contributed by atoms with Gasteiger partial charge in [0.15, 0.2) is 17.2 Å². The lowest BCUT2D eigenvalue weighted by atomic mass is 10.1. The Morgan fingerprint density at radius 1 is 1.11 bits per heavy atom. The molecule has 0 fully saturated rings. The number of anilines is 1. The van der Waals surface area contributed by atoms with Crippen LogP contribution in [0.1, 0.15) is 27.2 Å². The molecular formula is C26H20BrF3N6O2. The Bertz CT molecular complexity index is 1630. The van der Waals surface area contributed by atoms with Crippen molar-refractivity contribution in [3.63, 3.8) is 0 Å². The zero-order chi connectivity index (χ0) is 27.0. The number of ether oxygens (including phenoxy) is 1. The van der Waals surface area contributed by atoms with Crippen LogP contribution in [-0.2, 0) is 12.7 Å². The molecule has 0 aliphatic heterocycles. The molecule has 0 spiro atoms. The van der Waals surface area contributed by atoms with Crippen LogP contribution in [0.15, 0.2) is 71.5 Å². The van der Waals surface area contributed by atoms with Gasteiger partial charge in [0.25, 0.3) is 5.91 Å². The van der Waals surface area contributed by atoms with Crippen LogP contribution in [0, 0.1) is 6.92 Å². The van der Waals surface area contributed by atoms with Gasteiger partial charge >= 0.3 is 6.18 Å². The van der Waals surface area contributed by atoms with Crippen LogP contribution in [0.3, 0.4) is 0 Å². The number of carbonyl (C=O) groups excluding carboxylic acids is 1. The van der Waals surface area contributed by atoms with Crippen molar-refractivity contribution >= 4 is 33.3 Å². The molecule has 194 valence electrons. The summed E-state index contributed by atoms with van der Waals surface area (Å²) in [5.41, 5.74) is 1.17. The zero-order valence-corrected chi connectivity index (χ0v) is 21.7. The molecule has 0 saturated carbocycles. The van der Waals surface area contributed by atoms with Crippen LogP contribution >= 0.6 is 15.9 Å². The van der Waals surface area contributed by atoms with Crippen LogP contribution in [0.4, 0.5) is 19.0 Å². The summed E-state index contributed by atoms with van der Waals surface area (Å²) in [7, 11) is 1.49. The summed E-state index contributed by atoms with van der Waals surface area (Å²) >= 11 is 3.38. The first-order chi connectivity index (χ1) is 18.1. The Morgan fingerprint density at radius 2 is 1.82 bits per heavy atom. The molecular weight excluding hydrogens is 565 g/mol. The van der Waals surface area contributed by atoms with E-state index in [0.29, 0.717) is 26.8 Å². The van der Waals surface area contributed by atoms with Gasteiger partial charge in [-0.1, -0.05) is 29.8 Å². The van der Waals surface area contributed by atoms with Gasteiger partial charge < -0.3 is 10.1 Å². The Morgan fingerprint density at radius 3 is 2.47 bits per heavy atom. The van der Waals surface area contributed by atoms with Gasteiger partial charge in [0.2, 0.25) is 0 Å². The Labute approximate surface area is 223 Å². The van der Waals surface area contributed by atoms with Crippen molar-refractivity contribution in [3.8, 4) is 17.0 Å². The van der Waals surface area contributed by atoms with Crippen LogP contribution in [0.2, 0.25) is 0 Å². The van der Waals surface area contributed by atoms with Gasteiger partial charge in [-0.3, -0.25) is 9.48 Å². The number of amides is 1. The number of fused-ring (bicyclic) bond motifs is 1. The molecule has 8 nitrogen and oxygen atoms in total. The highest BCUT2D eigenvalue weighted by Gasteiger charge is 2.36. The lowest BCUT2D eigenvalue weighted by Crippen LogP contribution is -2.16. The first-order valence-corrected chi connectivity index (χ1v) is 12.1. The predicted molar refractivity (Wildman–Crippen MR) is 138 cm³/mol. The second kappa shape index (κ2) is 9.93. The number of rotatable bonds is 6. The topological polar surface area (TPSA) is 86.3 Å². The van der Waals surface area contributed by atoms with Crippen LogP contribution in [-0.4, -0.2) is 37.4 Å². The molecule has 5 rings (SSSR count). The third-order valence-corrected chi connectivity index (χ3v) is 6.39. The number of aromatic nitrogens is 5. The molecule has 0 aliphatic carbocycles. The second-order valence-electron chi connectivity index (χ2n) is 8.51. The minimum absolute atomic E-state index is 0.0329. The van der Waals surface area contributed by atoms with Gasteiger partial charge in [-0.05, 0) is 58.7 Å². The summed E-state index contributed by atoms with van der Waals surface area (Å²) in [6.07, 6.45) is -1.98. The summed E-state index contributed by atoms with van der Waals surface area (Å²) in [6, 6.07) is 15.2. The number of nitrogens with one attached hydrogen (secondary N) is 1. The molecule has 0 atom stereocenters. The molecule has 0 aliphatic rings. The van der Waals surface area contributed by atoms with Crippen molar-refractivity contribution in [2.24, 2.45) is 0 Å². The fraction of sp³-hybridized carbons (Fsp3) is 0.154. The number of carbonyl (C=O) groups is 1. The molecule has 2 aromatic carbocycles. The van der Waals surface area contributed by atoms with Crippen molar-refractivity contribution in [1.29, 1.82) is 0 Å². The van der Waals surface area contributed by atoms with Gasteiger partial charge in [0.05, 0.1) is 30.0 Å². The Kier molecular flexibility index (Phi) is 6.66. The number of alkyl halides is 3. The average Bonchev–Trinajstić information content (AvgIpc) is 3.47. The van der Waals surface area contributed by atoms with Gasteiger partial charge in [-0.15, -0.1) is 0 Å². The monoisotopic (exact) mass is 584 g/mol. The normalized spacial score (nSPS) is 11.6. The van der Waals surface area contributed by atoms with Crippen molar-refractivity contribution in [2.75, 3.05) is 12.4 Å². The number of hydrogen-bond acceptors (Lipinski definition) is 5. The predicted octanol–water partition coefficient (Wildman–Crippen LogP) is 5.99. The van der Waals surface area contributed by atoms with E-state index in [-0.39, 0.29) is 22.7 Å². The summed E-state index contributed by atoms with van der Waals surface area (Å²) in [5, 5.41) is 10.9. The minimum atomic E-state index is -4.74. The number of benzene rings is 2. The fourth-order valence-corrected chi connectivity index (χ4v) is 4.27. The molecule has 38 heavy (non-hydrogen) atoms. The van der Waals surface area contributed by atoms with Gasteiger partial charge in [0.1, 0.15) is 11.3 Å². The van der Waals surface area contributed by atoms with Crippen LogP contribution in [0.5, 0.6) is 5.75 Å². The van der Waals surface area contributed by atoms with Crippen LogP contribution < -0.4 is 10.1 Å².